The monoisotopic (exact) mass is 470 g/mol. The van der Waals surface area contributed by atoms with Crippen LogP contribution in [-0.2, 0) is 4.74 Å². The van der Waals surface area contributed by atoms with Crippen LogP contribution in [-0.4, -0.2) is 30.6 Å². The number of carbonyl (C=O) groups excluding carboxylic acids is 2. The smallest absolute Gasteiger partial charge is 0.340 e. The molecular formula is C30H34N2O3. The van der Waals surface area contributed by atoms with Gasteiger partial charge in [-0.05, 0) is 94.0 Å². The average molecular weight is 471 g/mol. The molecule has 0 unspecified atom stereocenters. The molecule has 3 aromatic rings. The summed E-state index contributed by atoms with van der Waals surface area (Å²) in [4.78, 5) is 28.7. The van der Waals surface area contributed by atoms with Gasteiger partial charge in [-0.1, -0.05) is 36.4 Å². The van der Waals surface area contributed by atoms with E-state index in [1.54, 1.807) is 6.07 Å². The van der Waals surface area contributed by atoms with Crippen molar-refractivity contribution < 1.29 is 14.3 Å². The fourth-order valence-electron chi connectivity index (χ4n) is 4.41. The zero-order valence-electron chi connectivity index (χ0n) is 21.1. The van der Waals surface area contributed by atoms with Crippen LogP contribution in [0.1, 0.15) is 66.3 Å². The van der Waals surface area contributed by atoms with E-state index >= 15 is 0 Å². The van der Waals surface area contributed by atoms with Gasteiger partial charge in [0.25, 0.3) is 5.91 Å². The van der Waals surface area contributed by atoms with Gasteiger partial charge in [0.05, 0.1) is 11.3 Å². The Labute approximate surface area is 208 Å². The second-order valence-electron chi connectivity index (χ2n) is 10.1. The van der Waals surface area contributed by atoms with Gasteiger partial charge in [-0.3, -0.25) is 4.79 Å². The molecule has 1 N–H and O–H groups in total. The molecule has 4 rings (SSSR count). The standard InChI is InChI=1S/C30H34N2O3/c1-21-19-24(32-17-9-6-10-18-32)14-16-25(21)28(33)31-27-20-23(22-11-7-5-8-12-22)13-15-26(27)29(34)35-30(2,3)4/h5,7-8,11-16,19-20H,6,9-10,17-18H2,1-4H3,(H,31,33). The van der Waals surface area contributed by atoms with E-state index in [1.807, 2.05) is 82.3 Å². The molecule has 0 spiro atoms. The average Bonchev–Trinajstić information content (AvgIpc) is 2.84. The van der Waals surface area contributed by atoms with Gasteiger partial charge < -0.3 is 15.0 Å². The molecule has 0 aromatic heterocycles. The Balaban J connectivity index is 1.64. The predicted molar refractivity (Wildman–Crippen MR) is 142 cm³/mol. The van der Waals surface area contributed by atoms with Crippen LogP contribution in [0.15, 0.2) is 66.7 Å². The minimum atomic E-state index is -0.642. The number of nitrogens with one attached hydrogen (secondary N) is 1. The maximum absolute atomic E-state index is 13.4. The number of hydrogen-bond donors (Lipinski definition) is 1. The summed E-state index contributed by atoms with van der Waals surface area (Å²) >= 11 is 0. The van der Waals surface area contributed by atoms with E-state index in [1.165, 1.54) is 19.3 Å². The van der Waals surface area contributed by atoms with E-state index < -0.39 is 11.6 Å². The number of hydrogen-bond acceptors (Lipinski definition) is 4. The largest absolute Gasteiger partial charge is 0.456 e. The number of anilines is 2. The first-order valence-corrected chi connectivity index (χ1v) is 12.3. The number of benzene rings is 3. The molecule has 5 nitrogen and oxygen atoms in total. The minimum absolute atomic E-state index is 0.247. The Morgan fingerprint density at radius 2 is 1.51 bits per heavy atom. The first-order valence-electron chi connectivity index (χ1n) is 12.3. The fourth-order valence-corrected chi connectivity index (χ4v) is 4.41. The van der Waals surface area contributed by atoms with Crippen LogP contribution in [0.3, 0.4) is 0 Å². The summed E-state index contributed by atoms with van der Waals surface area (Å²) in [5.74, 6) is -0.715. The van der Waals surface area contributed by atoms with Crippen molar-refractivity contribution in [3.8, 4) is 11.1 Å². The lowest BCUT2D eigenvalue weighted by molar-refractivity contribution is 0.00708. The van der Waals surface area contributed by atoms with Crippen molar-refractivity contribution in [2.75, 3.05) is 23.3 Å². The van der Waals surface area contributed by atoms with Crippen molar-refractivity contribution in [3.63, 3.8) is 0 Å². The zero-order chi connectivity index (χ0) is 25.0. The first kappa shape index (κ1) is 24.5. The maximum Gasteiger partial charge on any atom is 0.340 e. The molecular weight excluding hydrogens is 436 g/mol. The highest BCUT2D eigenvalue weighted by Crippen LogP contribution is 2.29. The molecule has 1 fully saturated rings. The lowest BCUT2D eigenvalue weighted by Crippen LogP contribution is -2.29. The maximum atomic E-state index is 13.4. The van der Waals surface area contributed by atoms with Gasteiger partial charge in [0.15, 0.2) is 0 Å². The second-order valence-corrected chi connectivity index (χ2v) is 10.1. The molecule has 182 valence electrons. The Morgan fingerprint density at radius 1 is 0.829 bits per heavy atom. The third-order valence-electron chi connectivity index (χ3n) is 6.17. The van der Waals surface area contributed by atoms with Gasteiger partial charge in [-0.2, -0.15) is 0 Å². The van der Waals surface area contributed by atoms with Crippen LogP contribution >= 0.6 is 0 Å². The van der Waals surface area contributed by atoms with Gasteiger partial charge in [0.2, 0.25) is 0 Å². The molecule has 5 heteroatoms. The number of nitrogens with zero attached hydrogens (tertiary/aromatic N) is 1. The molecule has 1 amide bonds. The van der Waals surface area contributed by atoms with Gasteiger partial charge >= 0.3 is 5.97 Å². The van der Waals surface area contributed by atoms with Crippen molar-refractivity contribution in [2.24, 2.45) is 0 Å². The van der Waals surface area contributed by atoms with Crippen LogP contribution < -0.4 is 10.2 Å². The van der Waals surface area contributed by atoms with Crippen LogP contribution in [0.25, 0.3) is 11.1 Å². The van der Waals surface area contributed by atoms with Gasteiger partial charge in [0.1, 0.15) is 5.60 Å². The number of rotatable bonds is 5. The molecule has 0 saturated carbocycles. The fraction of sp³-hybridized carbons (Fsp3) is 0.333. The van der Waals surface area contributed by atoms with E-state index in [0.29, 0.717) is 16.8 Å². The van der Waals surface area contributed by atoms with Crippen LogP contribution in [0.2, 0.25) is 0 Å². The van der Waals surface area contributed by atoms with E-state index in [9.17, 15) is 9.59 Å². The Morgan fingerprint density at radius 3 is 2.17 bits per heavy atom. The van der Waals surface area contributed by atoms with Crippen LogP contribution in [0, 0.1) is 6.92 Å². The van der Waals surface area contributed by atoms with Gasteiger partial charge in [0, 0.05) is 24.3 Å². The number of aryl methyl sites for hydroxylation is 1. The van der Waals surface area contributed by atoms with Gasteiger partial charge in [-0.15, -0.1) is 0 Å². The topological polar surface area (TPSA) is 58.6 Å². The summed E-state index contributed by atoms with van der Waals surface area (Å²) in [6.45, 7) is 9.54. The first-order chi connectivity index (χ1) is 16.7. The minimum Gasteiger partial charge on any atom is -0.456 e. The van der Waals surface area contributed by atoms with Crippen LogP contribution in [0.4, 0.5) is 11.4 Å². The predicted octanol–water partition coefficient (Wildman–Crippen LogP) is 6.86. The number of carbonyl (C=O) groups is 2. The third-order valence-corrected chi connectivity index (χ3v) is 6.17. The highest BCUT2D eigenvalue weighted by Gasteiger charge is 2.23. The van der Waals surface area contributed by atoms with Gasteiger partial charge in [-0.25, -0.2) is 4.79 Å². The van der Waals surface area contributed by atoms with Crippen molar-refractivity contribution in [1.82, 2.24) is 0 Å². The Hall–Kier alpha value is -3.60. The summed E-state index contributed by atoms with van der Waals surface area (Å²) in [7, 11) is 0. The Bertz CT molecular complexity index is 1210. The number of ether oxygens (including phenoxy) is 1. The summed E-state index contributed by atoms with van der Waals surface area (Å²) in [5.41, 5.74) is 4.68. The molecule has 0 bridgehead atoms. The van der Waals surface area contributed by atoms with Crippen molar-refractivity contribution >= 4 is 23.3 Å². The number of amides is 1. The van der Waals surface area contributed by atoms with Crippen molar-refractivity contribution in [2.45, 2.75) is 52.6 Å². The molecule has 1 heterocycles. The summed E-state index contributed by atoms with van der Waals surface area (Å²) in [5, 5.41) is 2.99. The normalized spacial score (nSPS) is 13.9. The highest BCUT2D eigenvalue weighted by atomic mass is 16.6. The third kappa shape index (κ3) is 6.10. The van der Waals surface area contributed by atoms with Crippen molar-refractivity contribution in [1.29, 1.82) is 0 Å². The highest BCUT2D eigenvalue weighted by molar-refractivity contribution is 6.09. The molecule has 35 heavy (non-hydrogen) atoms. The lowest BCUT2D eigenvalue weighted by atomic mass is 10.0. The number of piperidine rings is 1. The lowest BCUT2D eigenvalue weighted by Gasteiger charge is -2.29. The summed E-state index contributed by atoms with van der Waals surface area (Å²) in [6, 6.07) is 21.3. The van der Waals surface area contributed by atoms with E-state index in [4.69, 9.17) is 4.74 Å². The van der Waals surface area contributed by atoms with E-state index in [0.717, 1.165) is 35.5 Å². The quantitative estimate of drug-likeness (QED) is 0.414. The number of esters is 1. The summed E-state index contributed by atoms with van der Waals surface area (Å²) < 4.78 is 5.61. The van der Waals surface area contributed by atoms with E-state index in [2.05, 4.69) is 16.3 Å². The molecule has 3 aromatic carbocycles. The Kier molecular flexibility index (Phi) is 7.25. The molecule has 0 atom stereocenters. The zero-order valence-corrected chi connectivity index (χ0v) is 21.1. The van der Waals surface area contributed by atoms with E-state index in [-0.39, 0.29) is 5.91 Å². The summed E-state index contributed by atoms with van der Waals surface area (Å²) in [6.07, 6.45) is 3.68. The molecule has 0 radical (unpaired) electrons. The van der Waals surface area contributed by atoms with Crippen molar-refractivity contribution in [3.05, 3.63) is 83.4 Å². The molecule has 0 aliphatic carbocycles. The second kappa shape index (κ2) is 10.3. The molecule has 1 aliphatic rings. The SMILES string of the molecule is Cc1cc(N2CCCCC2)ccc1C(=O)Nc1cc(-c2ccccc2)ccc1C(=O)OC(C)(C)C. The van der Waals surface area contributed by atoms with Crippen LogP contribution in [0.5, 0.6) is 0 Å². The molecule has 1 saturated heterocycles. The molecule has 1 aliphatic heterocycles.